The predicted octanol–water partition coefficient (Wildman–Crippen LogP) is 2.69. The van der Waals surface area contributed by atoms with Crippen LogP contribution in [0.25, 0.3) is 0 Å². The number of anilines is 1. The van der Waals surface area contributed by atoms with E-state index < -0.39 is 5.60 Å². The van der Waals surface area contributed by atoms with Crippen molar-refractivity contribution in [2.24, 2.45) is 0 Å². The van der Waals surface area contributed by atoms with Gasteiger partial charge in [-0.2, -0.15) is 0 Å². The van der Waals surface area contributed by atoms with Gasteiger partial charge in [-0.25, -0.2) is 4.98 Å². The molecule has 0 spiro atoms. The first kappa shape index (κ1) is 25.4. The summed E-state index contributed by atoms with van der Waals surface area (Å²) in [5, 5.41) is 14.4. The lowest BCUT2D eigenvalue weighted by Crippen LogP contribution is -2.49. The third-order valence-corrected chi connectivity index (χ3v) is 7.64. The minimum absolute atomic E-state index is 0.112. The van der Waals surface area contributed by atoms with Crippen LogP contribution in [0.2, 0.25) is 0 Å². The lowest BCUT2D eigenvalue weighted by Gasteiger charge is -2.38. The van der Waals surface area contributed by atoms with Gasteiger partial charge < -0.3 is 15.3 Å². The molecule has 2 aliphatic rings. The van der Waals surface area contributed by atoms with Crippen LogP contribution in [0.5, 0.6) is 0 Å². The summed E-state index contributed by atoms with van der Waals surface area (Å²) >= 11 is 0. The van der Waals surface area contributed by atoms with Crippen LogP contribution in [0.4, 0.5) is 5.82 Å². The molecule has 3 heterocycles. The van der Waals surface area contributed by atoms with Gasteiger partial charge in [-0.05, 0) is 50.6 Å². The van der Waals surface area contributed by atoms with Gasteiger partial charge in [0.2, 0.25) is 5.91 Å². The molecule has 0 unspecified atom stereocenters. The van der Waals surface area contributed by atoms with Crippen molar-refractivity contribution in [1.29, 1.82) is 0 Å². The van der Waals surface area contributed by atoms with Crippen molar-refractivity contribution in [3.8, 4) is 0 Å². The van der Waals surface area contributed by atoms with E-state index in [9.17, 15) is 14.7 Å². The zero-order valence-corrected chi connectivity index (χ0v) is 21.0. The number of aliphatic hydroxyl groups is 1. The molecule has 2 atom stereocenters. The second-order valence-corrected chi connectivity index (χ2v) is 10.3. The van der Waals surface area contributed by atoms with E-state index in [0.29, 0.717) is 44.2 Å². The van der Waals surface area contributed by atoms with Crippen LogP contribution in [0.3, 0.4) is 0 Å². The smallest absolute Gasteiger partial charge is 0.255 e. The highest BCUT2D eigenvalue weighted by Gasteiger charge is 2.35. The quantitative estimate of drug-likeness (QED) is 0.572. The van der Waals surface area contributed by atoms with Crippen molar-refractivity contribution < 1.29 is 9.90 Å². The Balaban J connectivity index is 1.25. The van der Waals surface area contributed by atoms with Crippen LogP contribution in [-0.2, 0) is 11.3 Å². The zero-order valence-electron chi connectivity index (χ0n) is 21.0. The van der Waals surface area contributed by atoms with Gasteiger partial charge in [-0.3, -0.25) is 19.1 Å². The summed E-state index contributed by atoms with van der Waals surface area (Å²) < 4.78 is 1.47. The fourth-order valence-electron chi connectivity index (χ4n) is 5.23. The van der Waals surface area contributed by atoms with E-state index in [1.54, 1.807) is 0 Å². The van der Waals surface area contributed by atoms with Gasteiger partial charge in [0.1, 0.15) is 5.82 Å². The van der Waals surface area contributed by atoms with Gasteiger partial charge in [0.05, 0.1) is 18.5 Å². The normalized spacial score (nSPS) is 21.1. The van der Waals surface area contributed by atoms with Gasteiger partial charge in [-0.1, -0.05) is 37.3 Å². The number of benzene rings is 1. The molecule has 0 bridgehead atoms. The van der Waals surface area contributed by atoms with Crippen molar-refractivity contribution in [2.75, 3.05) is 38.0 Å². The van der Waals surface area contributed by atoms with E-state index in [1.807, 2.05) is 35.2 Å². The molecular formula is C27H39N5O3. The maximum Gasteiger partial charge on any atom is 0.255 e. The van der Waals surface area contributed by atoms with Gasteiger partial charge in [0, 0.05) is 44.7 Å². The van der Waals surface area contributed by atoms with Gasteiger partial charge >= 0.3 is 0 Å². The molecule has 2 aliphatic heterocycles. The number of carbonyl (C=O) groups is 1. The minimum atomic E-state index is -1.02. The van der Waals surface area contributed by atoms with E-state index in [2.05, 4.69) is 29.0 Å². The Bertz CT molecular complexity index is 1030. The Morgan fingerprint density at radius 3 is 2.63 bits per heavy atom. The third kappa shape index (κ3) is 6.70. The van der Waals surface area contributed by atoms with Crippen LogP contribution >= 0.6 is 0 Å². The Morgan fingerprint density at radius 2 is 1.97 bits per heavy atom. The van der Waals surface area contributed by atoms with E-state index >= 15 is 0 Å². The van der Waals surface area contributed by atoms with Crippen LogP contribution in [0.1, 0.15) is 57.4 Å². The Labute approximate surface area is 208 Å². The standard InChI is InChI=1S/C27H39N5O3/c1-21(23-8-4-3-5-9-23)17-25(33)31-14-10-27(35,11-15-31)19-32-20-29-24(18-26(32)34)28-12-16-30-13-6-7-22(30)2/h3-5,8-9,18,20-22,28,35H,6-7,10-17,19H2,1-2H3/t21-,22-/m1/s1. The number of likely N-dealkylation sites (tertiary alicyclic amines) is 2. The Kier molecular flexibility index (Phi) is 8.23. The molecule has 2 saturated heterocycles. The minimum Gasteiger partial charge on any atom is -0.388 e. The van der Waals surface area contributed by atoms with E-state index in [-0.39, 0.29) is 23.9 Å². The number of nitrogens with zero attached hydrogens (tertiary/aromatic N) is 4. The monoisotopic (exact) mass is 481 g/mol. The maximum absolute atomic E-state index is 12.8. The highest BCUT2D eigenvalue weighted by Crippen LogP contribution is 2.26. The molecule has 1 amide bonds. The molecule has 4 rings (SSSR count). The second kappa shape index (κ2) is 11.4. The van der Waals surface area contributed by atoms with Gasteiger partial charge in [0.15, 0.2) is 0 Å². The summed E-state index contributed by atoms with van der Waals surface area (Å²) in [6.45, 7) is 8.31. The fraction of sp³-hybridized carbons (Fsp3) is 0.593. The lowest BCUT2D eigenvalue weighted by molar-refractivity contribution is -0.136. The van der Waals surface area contributed by atoms with Crippen LogP contribution < -0.4 is 10.9 Å². The summed E-state index contributed by atoms with van der Waals surface area (Å²) in [6, 6.07) is 12.2. The zero-order chi connectivity index (χ0) is 24.8. The van der Waals surface area contributed by atoms with Crippen molar-refractivity contribution in [3.63, 3.8) is 0 Å². The SMILES string of the molecule is C[C@H](CC(=O)N1CCC(O)(Cn2cnc(NCCN3CCC[C@H]3C)cc2=O)CC1)c1ccccc1. The molecule has 0 radical (unpaired) electrons. The highest BCUT2D eigenvalue weighted by molar-refractivity contribution is 5.77. The molecule has 2 aromatic rings. The van der Waals surface area contributed by atoms with Crippen molar-refractivity contribution >= 4 is 11.7 Å². The summed E-state index contributed by atoms with van der Waals surface area (Å²) in [5.41, 5.74) is -0.0424. The summed E-state index contributed by atoms with van der Waals surface area (Å²) in [6.07, 6.45) is 5.35. The highest BCUT2D eigenvalue weighted by atomic mass is 16.3. The lowest BCUT2D eigenvalue weighted by atomic mass is 9.90. The second-order valence-electron chi connectivity index (χ2n) is 10.3. The number of carbonyl (C=O) groups excluding carboxylic acids is 1. The predicted molar refractivity (Wildman–Crippen MR) is 137 cm³/mol. The molecular weight excluding hydrogens is 442 g/mol. The molecule has 0 saturated carbocycles. The first-order chi connectivity index (χ1) is 16.8. The van der Waals surface area contributed by atoms with Gasteiger partial charge in [-0.15, -0.1) is 0 Å². The van der Waals surface area contributed by atoms with Crippen LogP contribution in [0.15, 0.2) is 47.5 Å². The molecule has 2 N–H and O–H groups in total. The van der Waals surface area contributed by atoms with Crippen molar-refractivity contribution in [2.45, 2.75) is 70.1 Å². The maximum atomic E-state index is 12.8. The molecule has 8 heteroatoms. The first-order valence-electron chi connectivity index (χ1n) is 12.9. The largest absolute Gasteiger partial charge is 0.388 e. The Morgan fingerprint density at radius 1 is 1.23 bits per heavy atom. The fourth-order valence-corrected chi connectivity index (χ4v) is 5.23. The number of hydrogen-bond acceptors (Lipinski definition) is 6. The van der Waals surface area contributed by atoms with Crippen molar-refractivity contribution in [1.82, 2.24) is 19.4 Å². The molecule has 35 heavy (non-hydrogen) atoms. The third-order valence-electron chi connectivity index (χ3n) is 7.64. The van der Waals surface area contributed by atoms with Crippen LogP contribution in [0, 0.1) is 0 Å². The molecule has 190 valence electrons. The van der Waals surface area contributed by atoms with E-state index in [4.69, 9.17) is 0 Å². The molecule has 1 aromatic heterocycles. The topological polar surface area (TPSA) is 90.7 Å². The summed E-state index contributed by atoms with van der Waals surface area (Å²) in [4.78, 5) is 34.1. The van der Waals surface area contributed by atoms with Gasteiger partial charge in [0.25, 0.3) is 5.56 Å². The number of aromatic nitrogens is 2. The Hall–Kier alpha value is -2.71. The number of rotatable bonds is 9. The van der Waals surface area contributed by atoms with E-state index in [0.717, 1.165) is 25.2 Å². The van der Waals surface area contributed by atoms with Crippen LogP contribution in [-0.4, -0.2) is 74.7 Å². The van der Waals surface area contributed by atoms with Crippen molar-refractivity contribution in [3.05, 3.63) is 58.6 Å². The number of hydrogen-bond donors (Lipinski definition) is 2. The molecule has 2 fully saturated rings. The summed E-state index contributed by atoms with van der Waals surface area (Å²) in [7, 11) is 0. The van der Waals surface area contributed by atoms with E-state index in [1.165, 1.54) is 29.8 Å². The number of piperidine rings is 1. The average molecular weight is 482 g/mol. The molecule has 0 aliphatic carbocycles. The average Bonchev–Trinajstić information content (AvgIpc) is 3.26. The number of amides is 1. The number of nitrogens with one attached hydrogen (secondary N) is 1. The molecule has 8 nitrogen and oxygen atoms in total. The first-order valence-corrected chi connectivity index (χ1v) is 12.9. The molecule has 1 aromatic carbocycles. The summed E-state index contributed by atoms with van der Waals surface area (Å²) in [5.74, 6) is 0.832.